The lowest BCUT2D eigenvalue weighted by Crippen LogP contribution is -2.59. The fourth-order valence-corrected chi connectivity index (χ4v) is 3.51. The topological polar surface area (TPSA) is 226 Å². The van der Waals surface area contributed by atoms with Crippen molar-refractivity contribution < 1.29 is 29.4 Å². The molecule has 0 aromatic carbocycles. The molecule has 1 aliphatic heterocycles. The standard InChI is InChI=1S/C20H37N7O6/c1-10(2)15(26-16(29)14(21)11(3)28)17(30)25-12(6-4-8-24-20(22)23)18(31)27-9-5-7-13(27)19(32)33/h10-15,28H,4-9,21H2,1-3H3,(H,25,30)(H,26,29)(H,32,33)(H4,22,23,24). The van der Waals surface area contributed by atoms with Crippen LogP contribution in [0.4, 0.5) is 0 Å². The van der Waals surface area contributed by atoms with Crippen LogP contribution >= 0.6 is 0 Å². The molecule has 1 heterocycles. The number of rotatable bonds is 12. The zero-order valence-corrected chi connectivity index (χ0v) is 19.4. The fraction of sp³-hybridized carbons (Fsp3) is 0.750. The van der Waals surface area contributed by atoms with Crippen LogP contribution in [0.3, 0.4) is 0 Å². The molecule has 1 saturated heterocycles. The molecule has 10 N–H and O–H groups in total. The Kier molecular flexibility index (Phi) is 11.0. The molecule has 3 amide bonds. The van der Waals surface area contributed by atoms with Gasteiger partial charge in [-0.2, -0.15) is 0 Å². The smallest absolute Gasteiger partial charge is 0.326 e. The molecule has 13 heteroatoms. The van der Waals surface area contributed by atoms with Crippen LogP contribution in [-0.4, -0.2) is 88.1 Å². The van der Waals surface area contributed by atoms with Crippen molar-refractivity contribution in [2.75, 3.05) is 13.1 Å². The highest BCUT2D eigenvalue weighted by Gasteiger charge is 2.38. The highest BCUT2D eigenvalue weighted by molar-refractivity contribution is 5.94. The number of carboxylic acid groups (broad SMARTS) is 1. The van der Waals surface area contributed by atoms with Gasteiger partial charge in [0, 0.05) is 13.1 Å². The SMILES string of the molecule is CC(C)C(NC(=O)C(N)C(C)O)C(=O)NC(CCCN=C(N)N)C(=O)N1CCCC1C(=O)O. The molecule has 0 aromatic heterocycles. The molecule has 5 unspecified atom stereocenters. The van der Waals surface area contributed by atoms with Gasteiger partial charge in [-0.1, -0.05) is 13.8 Å². The maximum absolute atomic E-state index is 13.2. The van der Waals surface area contributed by atoms with E-state index in [9.17, 15) is 29.4 Å². The number of nitrogens with two attached hydrogens (primary N) is 3. The van der Waals surface area contributed by atoms with Gasteiger partial charge in [-0.05, 0) is 38.5 Å². The number of amides is 3. The summed E-state index contributed by atoms with van der Waals surface area (Å²) in [5, 5.41) is 24.1. The number of aliphatic hydroxyl groups is 1. The van der Waals surface area contributed by atoms with Crippen LogP contribution in [0.15, 0.2) is 4.99 Å². The average molecular weight is 472 g/mol. The summed E-state index contributed by atoms with van der Waals surface area (Å²) in [6.07, 6.45) is 0.271. The molecule has 1 aliphatic rings. The van der Waals surface area contributed by atoms with Gasteiger partial charge in [-0.15, -0.1) is 0 Å². The number of nitrogens with zero attached hydrogens (tertiary/aromatic N) is 2. The molecule has 188 valence electrons. The summed E-state index contributed by atoms with van der Waals surface area (Å²) in [7, 11) is 0. The predicted octanol–water partition coefficient (Wildman–Crippen LogP) is -2.55. The van der Waals surface area contributed by atoms with Crippen molar-refractivity contribution in [3.63, 3.8) is 0 Å². The summed E-state index contributed by atoms with van der Waals surface area (Å²) in [4.78, 5) is 55.1. The van der Waals surface area contributed by atoms with E-state index in [0.717, 1.165) is 0 Å². The molecule has 0 spiro atoms. The number of aliphatic carboxylic acids is 1. The zero-order chi connectivity index (χ0) is 25.3. The van der Waals surface area contributed by atoms with Crippen molar-refractivity contribution in [3.8, 4) is 0 Å². The Balaban J connectivity index is 3.01. The average Bonchev–Trinajstić information content (AvgIpc) is 3.22. The highest BCUT2D eigenvalue weighted by Crippen LogP contribution is 2.20. The van der Waals surface area contributed by atoms with Gasteiger partial charge in [0.15, 0.2) is 5.96 Å². The minimum atomic E-state index is -1.23. The summed E-state index contributed by atoms with van der Waals surface area (Å²) >= 11 is 0. The number of carbonyl (C=O) groups is 4. The lowest BCUT2D eigenvalue weighted by molar-refractivity contribution is -0.149. The highest BCUT2D eigenvalue weighted by atomic mass is 16.4. The molecule has 1 rings (SSSR count). The van der Waals surface area contributed by atoms with Gasteiger partial charge in [0.25, 0.3) is 0 Å². The summed E-state index contributed by atoms with van der Waals surface area (Å²) in [6, 6.07) is -4.24. The normalized spacial score (nSPS) is 19.3. The summed E-state index contributed by atoms with van der Waals surface area (Å²) in [6.45, 7) is 5.25. The van der Waals surface area contributed by atoms with Crippen LogP contribution in [0.1, 0.15) is 46.5 Å². The van der Waals surface area contributed by atoms with Crippen LogP contribution in [-0.2, 0) is 19.2 Å². The van der Waals surface area contributed by atoms with Gasteiger partial charge in [-0.3, -0.25) is 19.4 Å². The lowest BCUT2D eigenvalue weighted by atomic mass is 10.0. The van der Waals surface area contributed by atoms with E-state index in [1.807, 2.05) is 0 Å². The third-order valence-electron chi connectivity index (χ3n) is 5.45. The van der Waals surface area contributed by atoms with Crippen molar-refractivity contribution >= 4 is 29.7 Å². The Morgan fingerprint density at radius 2 is 1.76 bits per heavy atom. The van der Waals surface area contributed by atoms with Gasteiger partial charge in [0.2, 0.25) is 17.7 Å². The second-order valence-electron chi connectivity index (χ2n) is 8.53. The fourth-order valence-electron chi connectivity index (χ4n) is 3.51. The lowest BCUT2D eigenvalue weighted by Gasteiger charge is -2.30. The van der Waals surface area contributed by atoms with E-state index < -0.39 is 54.0 Å². The Labute approximate surface area is 193 Å². The van der Waals surface area contributed by atoms with E-state index in [-0.39, 0.29) is 31.4 Å². The van der Waals surface area contributed by atoms with Crippen LogP contribution in [0, 0.1) is 5.92 Å². The van der Waals surface area contributed by atoms with Gasteiger partial charge in [-0.25, -0.2) is 4.79 Å². The van der Waals surface area contributed by atoms with E-state index in [4.69, 9.17) is 17.2 Å². The van der Waals surface area contributed by atoms with Gasteiger partial charge < -0.3 is 42.9 Å². The molecule has 33 heavy (non-hydrogen) atoms. The molecule has 13 nitrogen and oxygen atoms in total. The third-order valence-corrected chi connectivity index (χ3v) is 5.45. The quantitative estimate of drug-likeness (QED) is 0.0901. The van der Waals surface area contributed by atoms with E-state index >= 15 is 0 Å². The first-order valence-electron chi connectivity index (χ1n) is 11.0. The van der Waals surface area contributed by atoms with Gasteiger partial charge in [0.05, 0.1) is 6.10 Å². The Bertz CT molecular complexity index is 738. The van der Waals surface area contributed by atoms with Crippen LogP contribution in [0.2, 0.25) is 0 Å². The largest absolute Gasteiger partial charge is 0.480 e. The second kappa shape index (κ2) is 12.9. The minimum Gasteiger partial charge on any atom is -0.480 e. The van der Waals surface area contributed by atoms with Crippen molar-refractivity contribution in [3.05, 3.63) is 0 Å². The van der Waals surface area contributed by atoms with E-state index in [1.165, 1.54) is 11.8 Å². The monoisotopic (exact) mass is 471 g/mol. The number of hydrogen-bond donors (Lipinski definition) is 7. The van der Waals surface area contributed by atoms with Gasteiger partial charge in [0.1, 0.15) is 24.2 Å². The number of guanidine groups is 1. The first-order chi connectivity index (χ1) is 15.4. The van der Waals surface area contributed by atoms with E-state index in [2.05, 4.69) is 15.6 Å². The molecule has 0 aromatic rings. The molecule has 0 bridgehead atoms. The Morgan fingerprint density at radius 1 is 1.12 bits per heavy atom. The number of aliphatic hydroxyl groups excluding tert-OH is 1. The molecule has 1 fully saturated rings. The van der Waals surface area contributed by atoms with Crippen molar-refractivity contribution in [1.82, 2.24) is 15.5 Å². The third kappa shape index (κ3) is 8.50. The van der Waals surface area contributed by atoms with Crippen molar-refractivity contribution in [1.29, 1.82) is 0 Å². The maximum Gasteiger partial charge on any atom is 0.326 e. The Hall–Kier alpha value is -2.93. The van der Waals surface area contributed by atoms with Crippen molar-refractivity contribution in [2.24, 2.45) is 28.1 Å². The predicted molar refractivity (Wildman–Crippen MR) is 121 cm³/mol. The van der Waals surface area contributed by atoms with Gasteiger partial charge >= 0.3 is 5.97 Å². The minimum absolute atomic E-state index is 0.107. The second-order valence-corrected chi connectivity index (χ2v) is 8.53. The number of nitrogens with one attached hydrogen (secondary N) is 2. The molecule has 0 radical (unpaired) electrons. The number of hydrogen-bond acceptors (Lipinski definition) is 7. The molecular weight excluding hydrogens is 434 g/mol. The first kappa shape index (κ1) is 28.1. The number of carbonyl (C=O) groups excluding carboxylic acids is 3. The summed E-state index contributed by atoms with van der Waals surface area (Å²) < 4.78 is 0. The number of likely N-dealkylation sites (tertiary alicyclic amines) is 1. The number of carboxylic acids is 1. The van der Waals surface area contributed by atoms with Crippen LogP contribution in [0.25, 0.3) is 0 Å². The zero-order valence-electron chi connectivity index (χ0n) is 19.4. The summed E-state index contributed by atoms with van der Waals surface area (Å²) in [5.41, 5.74) is 16.3. The maximum atomic E-state index is 13.2. The molecule has 0 saturated carbocycles. The Morgan fingerprint density at radius 3 is 2.27 bits per heavy atom. The first-order valence-corrected chi connectivity index (χ1v) is 11.0. The molecule has 5 atom stereocenters. The van der Waals surface area contributed by atoms with Crippen LogP contribution in [0.5, 0.6) is 0 Å². The van der Waals surface area contributed by atoms with E-state index in [0.29, 0.717) is 19.3 Å². The summed E-state index contributed by atoms with van der Waals surface area (Å²) in [5.74, 6) is -3.42. The van der Waals surface area contributed by atoms with Crippen molar-refractivity contribution in [2.45, 2.75) is 76.7 Å². The molecular formula is C20H37N7O6. The van der Waals surface area contributed by atoms with E-state index in [1.54, 1.807) is 13.8 Å². The van der Waals surface area contributed by atoms with Crippen LogP contribution < -0.4 is 27.8 Å². The number of aliphatic imine (C=N–C) groups is 1. The molecule has 0 aliphatic carbocycles.